The smallest absolute Gasteiger partial charge is 0.332 e. The van der Waals surface area contributed by atoms with Crippen LogP contribution in [-0.2, 0) is 24.4 Å². The number of hydrogen-bond acceptors (Lipinski definition) is 3. The molecule has 1 amide bonds. The number of hydrogen-bond donors (Lipinski definition) is 1. The lowest BCUT2D eigenvalue weighted by Crippen LogP contribution is -2.40. The minimum Gasteiger partial charge on any atom is -0.354 e. The molecule has 1 aliphatic rings. The van der Waals surface area contributed by atoms with E-state index in [-0.39, 0.29) is 23.7 Å². The second-order valence-corrected chi connectivity index (χ2v) is 6.97. The second kappa shape index (κ2) is 8.41. The standard InChI is InChI=1S/C20H28N4O3/c1-3-23-18-16(19(26)24(4-2)20(23)27)11-13-22(18)14-17(25)21-12-10-15-8-6-5-7-9-15/h8,11,13H,3-7,9-10,12,14H2,1-2H3,(H,21,25). The lowest BCUT2D eigenvalue weighted by molar-refractivity contribution is -0.121. The number of carbonyl (C=O) groups excluding carboxylic acids is 1. The highest BCUT2D eigenvalue weighted by molar-refractivity contribution is 5.80. The van der Waals surface area contributed by atoms with Crippen LogP contribution in [0.2, 0.25) is 0 Å². The van der Waals surface area contributed by atoms with E-state index < -0.39 is 0 Å². The molecule has 0 aliphatic heterocycles. The van der Waals surface area contributed by atoms with Crippen LogP contribution in [0.25, 0.3) is 11.0 Å². The van der Waals surface area contributed by atoms with Gasteiger partial charge in [-0.15, -0.1) is 0 Å². The molecule has 0 bridgehead atoms. The van der Waals surface area contributed by atoms with E-state index in [1.807, 2.05) is 6.92 Å². The Morgan fingerprint density at radius 1 is 1.15 bits per heavy atom. The number of amides is 1. The molecule has 0 fully saturated rings. The molecule has 2 heterocycles. The summed E-state index contributed by atoms with van der Waals surface area (Å²) in [5.74, 6) is -0.112. The number of aryl methyl sites for hydroxylation is 1. The molecule has 2 aromatic rings. The van der Waals surface area contributed by atoms with Crippen LogP contribution in [-0.4, -0.2) is 26.2 Å². The van der Waals surface area contributed by atoms with Gasteiger partial charge in [0.05, 0.1) is 5.39 Å². The van der Waals surface area contributed by atoms with Gasteiger partial charge >= 0.3 is 5.69 Å². The Labute approximate surface area is 158 Å². The summed E-state index contributed by atoms with van der Waals surface area (Å²) in [6, 6.07) is 1.69. The lowest BCUT2D eigenvalue weighted by Gasteiger charge is -2.14. The van der Waals surface area contributed by atoms with Gasteiger partial charge in [-0.1, -0.05) is 11.6 Å². The summed E-state index contributed by atoms with van der Waals surface area (Å²) < 4.78 is 4.48. The van der Waals surface area contributed by atoms with Crippen LogP contribution in [0.5, 0.6) is 0 Å². The zero-order valence-corrected chi connectivity index (χ0v) is 16.2. The number of fused-ring (bicyclic) bond motifs is 1. The van der Waals surface area contributed by atoms with Crippen molar-refractivity contribution in [1.82, 2.24) is 19.0 Å². The van der Waals surface area contributed by atoms with E-state index in [4.69, 9.17) is 0 Å². The zero-order valence-electron chi connectivity index (χ0n) is 16.2. The first-order chi connectivity index (χ1) is 13.1. The molecule has 0 atom stereocenters. The monoisotopic (exact) mass is 372 g/mol. The van der Waals surface area contributed by atoms with Crippen LogP contribution < -0.4 is 16.6 Å². The van der Waals surface area contributed by atoms with Gasteiger partial charge in [-0.3, -0.25) is 18.7 Å². The molecule has 3 rings (SSSR count). The van der Waals surface area contributed by atoms with Gasteiger partial charge in [0.2, 0.25) is 5.91 Å². The van der Waals surface area contributed by atoms with Crippen molar-refractivity contribution < 1.29 is 4.79 Å². The topological polar surface area (TPSA) is 78.0 Å². The van der Waals surface area contributed by atoms with Crippen molar-refractivity contribution in [3.05, 3.63) is 44.8 Å². The number of aromatic nitrogens is 3. The number of carbonyl (C=O) groups is 1. The largest absolute Gasteiger partial charge is 0.354 e. The molecule has 0 spiro atoms. The molecule has 1 aliphatic carbocycles. The SMILES string of the molecule is CCn1c(=O)c2ccn(CC(=O)NCCC3=CCCCC3)c2n(CC)c1=O. The number of nitrogens with one attached hydrogen (secondary N) is 1. The molecule has 7 nitrogen and oxygen atoms in total. The highest BCUT2D eigenvalue weighted by atomic mass is 16.2. The molecule has 146 valence electrons. The van der Waals surface area contributed by atoms with Gasteiger partial charge in [0.15, 0.2) is 0 Å². The summed E-state index contributed by atoms with van der Waals surface area (Å²) >= 11 is 0. The van der Waals surface area contributed by atoms with Gasteiger partial charge < -0.3 is 9.88 Å². The Morgan fingerprint density at radius 2 is 1.93 bits per heavy atom. The molecular weight excluding hydrogens is 344 g/mol. The van der Waals surface area contributed by atoms with E-state index >= 15 is 0 Å². The Balaban J connectivity index is 1.77. The maximum atomic E-state index is 12.6. The Hall–Kier alpha value is -2.57. The highest BCUT2D eigenvalue weighted by Gasteiger charge is 2.16. The Bertz CT molecular complexity index is 977. The Morgan fingerprint density at radius 3 is 2.59 bits per heavy atom. The van der Waals surface area contributed by atoms with Crippen molar-refractivity contribution in [2.75, 3.05) is 6.54 Å². The van der Waals surface area contributed by atoms with Crippen LogP contribution in [0.15, 0.2) is 33.5 Å². The van der Waals surface area contributed by atoms with E-state index in [1.165, 1.54) is 23.0 Å². The zero-order chi connectivity index (χ0) is 19.4. The predicted molar refractivity (Wildman–Crippen MR) is 106 cm³/mol. The first kappa shape index (κ1) is 19.2. The summed E-state index contributed by atoms with van der Waals surface area (Å²) in [7, 11) is 0. The van der Waals surface area contributed by atoms with Crippen LogP contribution >= 0.6 is 0 Å². The van der Waals surface area contributed by atoms with Crippen molar-refractivity contribution in [3.63, 3.8) is 0 Å². The van der Waals surface area contributed by atoms with E-state index in [0.29, 0.717) is 30.7 Å². The fourth-order valence-electron chi connectivity index (χ4n) is 3.80. The molecule has 0 unspecified atom stereocenters. The molecule has 0 radical (unpaired) electrons. The number of nitrogens with zero attached hydrogens (tertiary/aromatic N) is 3. The lowest BCUT2D eigenvalue weighted by atomic mass is 9.97. The van der Waals surface area contributed by atoms with Crippen molar-refractivity contribution in [2.24, 2.45) is 0 Å². The minimum absolute atomic E-state index is 0.0948. The van der Waals surface area contributed by atoms with Gasteiger partial charge in [-0.25, -0.2) is 4.79 Å². The number of rotatable bonds is 7. The third-order valence-corrected chi connectivity index (χ3v) is 5.23. The van der Waals surface area contributed by atoms with Gasteiger partial charge in [0, 0.05) is 25.8 Å². The Kier molecular flexibility index (Phi) is 5.98. The minimum atomic E-state index is -0.331. The molecule has 0 saturated heterocycles. The first-order valence-corrected chi connectivity index (χ1v) is 9.83. The molecular formula is C20H28N4O3. The van der Waals surface area contributed by atoms with Crippen LogP contribution in [0.3, 0.4) is 0 Å². The fourth-order valence-corrected chi connectivity index (χ4v) is 3.80. The van der Waals surface area contributed by atoms with Gasteiger partial charge in [-0.05, 0) is 52.0 Å². The molecule has 7 heteroatoms. The van der Waals surface area contributed by atoms with Crippen LogP contribution in [0, 0.1) is 0 Å². The summed E-state index contributed by atoms with van der Waals surface area (Å²) in [5.41, 5.74) is 1.31. The third kappa shape index (κ3) is 3.91. The molecule has 27 heavy (non-hydrogen) atoms. The average Bonchev–Trinajstić information content (AvgIpc) is 3.07. The normalized spacial score (nSPS) is 14.4. The molecule has 0 saturated carbocycles. The average molecular weight is 372 g/mol. The second-order valence-electron chi connectivity index (χ2n) is 6.97. The maximum Gasteiger partial charge on any atom is 0.332 e. The fraction of sp³-hybridized carbons (Fsp3) is 0.550. The van der Waals surface area contributed by atoms with Crippen LogP contribution in [0.1, 0.15) is 46.0 Å². The molecule has 2 aromatic heterocycles. The predicted octanol–water partition coefficient (Wildman–Crippen LogP) is 2.01. The van der Waals surface area contributed by atoms with E-state index in [9.17, 15) is 14.4 Å². The van der Waals surface area contributed by atoms with Gasteiger partial charge in [-0.2, -0.15) is 0 Å². The van der Waals surface area contributed by atoms with Gasteiger partial charge in [0.1, 0.15) is 12.2 Å². The van der Waals surface area contributed by atoms with Gasteiger partial charge in [0.25, 0.3) is 5.56 Å². The van der Waals surface area contributed by atoms with Crippen molar-refractivity contribution in [2.45, 2.75) is 65.6 Å². The van der Waals surface area contributed by atoms with Crippen molar-refractivity contribution in [3.8, 4) is 0 Å². The quantitative estimate of drug-likeness (QED) is 0.755. The van der Waals surface area contributed by atoms with Crippen molar-refractivity contribution >= 4 is 16.9 Å². The van der Waals surface area contributed by atoms with Crippen LogP contribution in [0.4, 0.5) is 0 Å². The van der Waals surface area contributed by atoms with E-state index in [2.05, 4.69) is 11.4 Å². The molecule has 0 aromatic carbocycles. The summed E-state index contributed by atoms with van der Waals surface area (Å²) in [6.07, 6.45) is 9.65. The number of allylic oxidation sites excluding steroid dienone is 1. The maximum absolute atomic E-state index is 12.6. The molecule has 1 N–H and O–H groups in total. The highest BCUT2D eigenvalue weighted by Crippen LogP contribution is 2.19. The van der Waals surface area contributed by atoms with E-state index in [0.717, 1.165) is 19.3 Å². The summed E-state index contributed by atoms with van der Waals surface area (Å²) in [4.78, 5) is 37.4. The summed E-state index contributed by atoms with van der Waals surface area (Å²) in [6.45, 7) is 5.12. The first-order valence-electron chi connectivity index (χ1n) is 9.83. The summed E-state index contributed by atoms with van der Waals surface area (Å²) in [5, 5.41) is 3.42. The van der Waals surface area contributed by atoms with E-state index in [1.54, 1.807) is 28.3 Å². The third-order valence-electron chi connectivity index (χ3n) is 5.23. The van der Waals surface area contributed by atoms with Crippen molar-refractivity contribution in [1.29, 1.82) is 0 Å².